The Labute approximate surface area is 64.2 Å². The van der Waals surface area contributed by atoms with Crippen LogP contribution in [0.25, 0.3) is 0 Å². The van der Waals surface area contributed by atoms with Crippen LogP contribution in [0.2, 0.25) is 0 Å². The summed E-state index contributed by atoms with van der Waals surface area (Å²) in [6, 6.07) is 3.36. The van der Waals surface area contributed by atoms with Crippen molar-refractivity contribution in [3.63, 3.8) is 0 Å². The number of fused-ring (bicyclic) bond motifs is 1. The van der Waals surface area contributed by atoms with Gasteiger partial charge in [-0.1, -0.05) is 6.07 Å². The number of aromatic nitrogens is 1. The second-order valence-corrected chi connectivity index (χ2v) is 2.69. The monoisotopic (exact) mass is 148 g/mol. The normalized spacial score (nSPS) is 21.9. The van der Waals surface area contributed by atoms with Gasteiger partial charge in [0.1, 0.15) is 5.69 Å². The summed E-state index contributed by atoms with van der Waals surface area (Å²) in [7, 11) is 0. The fraction of sp³-hybridized carbons (Fsp3) is 0.250. The minimum Gasteiger partial charge on any atom is -0.321 e. The largest absolute Gasteiger partial charge is 0.321 e. The third-order valence-electron chi connectivity index (χ3n) is 1.90. The zero-order valence-corrected chi connectivity index (χ0v) is 5.95. The van der Waals surface area contributed by atoms with E-state index in [-0.39, 0.29) is 11.8 Å². The van der Waals surface area contributed by atoms with Crippen molar-refractivity contribution >= 4 is 5.78 Å². The number of nitrogens with two attached hydrogens (primary N) is 1. The maximum absolute atomic E-state index is 11.2. The van der Waals surface area contributed by atoms with Gasteiger partial charge >= 0.3 is 0 Å². The van der Waals surface area contributed by atoms with Crippen molar-refractivity contribution in [2.75, 3.05) is 0 Å². The van der Waals surface area contributed by atoms with Crippen molar-refractivity contribution in [3.8, 4) is 0 Å². The molecule has 3 heteroatoms. The van der Waals surface area contributed by atoms with Crippen LogP contribution in [0.4, 0.5) is 0 Å². The smallest absolute Gasteiger partial charge is 0.198 e. The average Bonchev–Trinajstić information content (AvgIpc) is 2.30. The average molecular weight is 148 g/mol. The van der Waals surface area contributed by atoms with E-state index in [1.54, 1.807) is 6.20 Å². The van der Waals surface area contributed by atoms with Crippen LogP contribution in [0.5, 0.6) is 0 Å². The topological polar surface area (TPSA) is 56.0 Å². The Bertz CT molecular complexity index is 309. The summed E-state index contributed by atoms with van der Waals surface area (Å²) in [5.74, 6) is -0.0272. The molecule has 1 heterocycles. The predicted molar refractivity (Wildman–Crippen MR) is 40.2 cm³/mol. The highest BCUT2D eigenvalue weighted by Crippen LogP contribution is 2.17. The lowest BCUT2D eigenvalue weighted by atomic mass is 10.2. The molecule has 0 aliphatic heterocycles. The van der Waals surface area contributed by atoms with Gasteiger partial charge in [0.2, 0.25) is 0 Å². The van der Waals surface area contributed by atoms with Crippen molar-refractivity contribution in [3.05, 3.63) is 29.6 Å². The fourth-order valence-electron chi connectivity index (χ4n) is 1.33. The number of rotatable bonds is 0. The molecule has 2 N–H and O–H groups in total. The van der Waals surface area contributed by atoms with E-state index in [1.165, 1.54) is 0 Å². The molecule has 0 saturated carbocycles. The van der Waals surface area contributed by atoms with Crippen LogP contribution in [0, 0.1) is 0 Å². The number of hydrogen-bond donors (Lipinski definition) is 1. The van der Waals surface area contributed by atoms with Gasteiger partial charge < -0.3 is 5.73 Å². The second-order valence-electron chi connectivity index (χ2n) is 2.69. The molecule has 0 fully saturated rings. The maximum Gasteiger partial charge on any atom is 0.198 e. The lowest BCUT2D eigenvalue weighted by molar-refractivity contribution is 0.0970. The summed E-state index contributed by atoms with van der Waals surface area (Å²) < 4.78 is 0. The summed E-state index contributed by atoms with van der Waals surface area (Å²) in [6.07, 6.45) is 2.26. The van der Waals surface area contributed by atoms with Crippen LogP contribution >= 0.6 is 0 Å². The minimum atomic E-state index is -0.361. The van der Waals surface area contributed by atoms with E-state index in [1.807, 2.05) is 12.1 Å². The molecular weight excluding hydrogens is 140 g/mol. The Morgan fingerprint density at radius 1 is 1.64 bits per heavy atom. The van der Waals surface area contributed by atoms with E-state index in [0.717, 1.165) is 5.56 Å². The fourth-order valence-corrected chi connectivity index (χ4v) is 1.33. The summed E-state index contributed by atoms with van der Waals surface area (Å²) in [6.45, 7) is 0. The molecule has 11 heavy (non-hydrogen) atoms. The standard InChI is InChI=1S/C8H8N2O/c9-6-4-5-2-1-3-10-7(5)8(6)11/h1-3,6H,4,9H2/t6-/m0/s1. The molecule has 1 aliphatic rings. The number of carbonyl (C=O) groups excluding carboxylic acids is 1. The Balaban J connectivity index is 2.55. The molecule has 2 rings (SSSR count). The molecule has 1 aromatic rings. The minimum absolute atomic E-state index is 0.0272. The van der Waals surface area contributed by atoms with Crippen molar-refractivity contribution < 1.29 is 4.79 Å². The molecule has 1 atom stereocenters. The van der Waals surface area contributed by atoms with Gasteiger partial charge in [-0.3, -0.25) is 9.78 Å². The van der Waals surface area contributed by atoms with E-state index in [4.69, 9.17) is 5.73 Å². The number of hydrogen-bond acceptors (Lipinski definition) is 3. The van der Waals surface area contributed by atoms with Gasteiger partial charge in [-0.2, -0.15) is 0 Å². The van der Waals surface area contributed by atoms with Crippen LogP contribution in [0.1, 0.15) is 16.1 Å². The Morgan fingerprint density at radius 2 is 2.45 bits per heavy atom. The van der Waals surface area contributed by atoms with Gasteiger partial charge in [-0.15, -0.1) is 0 Å². The van der Waals surface area contributed by atoms with Gasteiger partial charge in [0.05, 0.1) is 6.04 Å². The molecule has 0 aromatic carbocycles. The highest BCUT2D eigenvalue weighted by atomic mass is 16.1. The molecule has 0 unspecified atom stereocenters. The predicted octanol–water partition coefficient (Wildman–Crippen LogP) is 0.148. The second kappa shape index (κ2) is 2.13. The Kier molecular flexibility index (Phi) is 1.26. The van der Waals surface area contributed by atoms with Gasteiger partial charge in [0, 0.05) is 6.20 Å². The summed E-state index contributed by atoms with van der Waals surface area (Å²) in [5, 5.41) is 0. The number of ketones is 1. The van der Waals surface area contributed by atoms with Crippen molar-refractivity contribution in [2.45, 2.75) is 12.5 Å². The van der Waals surface area contributed by atoms with Gasteiger partial charge in [0.25, 0.3) is 0 Å². The van der Waals surface area contributed by atoms with Crippen LogP contribution < -0.4 is 5.73 Å². The lowest BCUT2D eigenvalue weighted by Gasteiger charge is -1.93. The number of Topliss-reactive ketones (excluding diaryl/α,β-unsaturated/α-hetero) is 1. The SMILES string of the molecule is N[C@H]1Cc2cccnc2C1=O. The van der Waals surface area contributed by atoms with Crippen LogP contribution in [-0.2, 0) is 6.42 Å². The quantitative estimate of drug-likeness (QED) is 0.569. The zero-order chi connectivity index (χ0) is 7.84. The van der Waals surface area contributed by atoms with Crippen LogP contribution in [0.15, 0.2) is 18.3 Å². The molecule has 56 valence electrons. The molecule has 1 aromatic heterocycles. The third-order valence-corrected chi connectivity index (χ3v) is 1.90. The van der Waals surface area contributed by atoms with Crippen molar-refractivity contribution in [1.29, 1.82) is 0 Å². The lowest BCUT2D eigenvalue weighted by Crippen LogP contribution is -2.26. The first-order valence-corrected chi connectivity index (χ1v) is 3.53. The molecule has 1 aliphatic carbocycles. The van der Waals surface area contributed by atoms with Crippen LogP contribution in [0.3, 0.4) is 0 Å². The molecule has 0 radical (unpaired) electrons. The van der Waals surface area contributed by atoms with Gasteiger partial charge in [0.15, 0.2) is 5.78 Å². The van der Waals surface area contributed by atoms with Crippen molar-refractivity contribution in [1.82, 2.24) is 4.98 Å². The van der Waals surface area contributed by atoms with Crippen LogP contribution in [-0.4, -0.2) is 16.8 Å². The third kappa shape index (κ3) is 0.851. The first-order chi connectivity index (χ1) is 5.29. The van der Waals surface area contributed by atoms with Gasteiger partial charge in [-0.05, 0) is 18.1 Å². The summed E-state index contributed by atoms with van der Waals surface area (Å²) in [4.78, 5) is 15.2. The molecule has 0 bridgehead atoms. The number of carbonyl (C=O) groups is 1. The highest BCUT2D eigenvalue weighted by molar-refractivity contribution is 6.02. The first-order valence-electron chi connectivity index (χ1n) is 3.53. The highest BCUT2D eigenvalue weighted by Gasteiger charge is 2.27. The molecule has 0 spiro atoms. The van der Waals surface area contributed by atoms with Gasteiger partial charge in [-0.25, -0.2) is 0 Å². The maximum atomic E-state index is 11.2. The molecule has 3 nitrogen and oxygen atoms in total. The van der Waals surface area contributed by atoms with E-state index >= 15 is 0 Å². The van der Waals surface area contributed by atoms with E-state index < -0.39 is 0 Å². The Morgan fingerprint density at radius 3 is 3.18 bits per heavy atom. The summed E-state index contributed by atoms with van der Waals surface area (Å²) in [5.41, 5.74) is 7.07. The van der Waals surface area contributed by atoms with E-state index in [9.17, 15) is 4.79 Å². The van der Waals surface area contributed by atoms with E-state index in [2.05, 4.69) is 4.98 Å². The number of nitrogens with zero attached hydrogens (tertiary/aromatic N) is 1. The molecule has 0 saturated heterocycles. The zero-order valence-electron chi connectivity index (χ0n) is 5.95. The van der Waals surface area contributed by atoms with Crippen molar-refractivity contribution in [2.24, 2.45) is 5.73 Å². The van der Waals surface area contributed by atoms with E-state index in [0.29, 0.717) is 12.1 Å². The molecular formula is C8H8N2O. The molecule has 0 amide bonds. The summed E-state index contributed by atoms with van der Waals surface area (Å²) >= 11 is 0. The Hall–Kier alpha value is -1.22. The number of pyridine rings is 1. The first kappa shape index (κ1) is 6.49.